The van der Waals surface area contributed by atoms with Crippen molar-refractivity contribution in [2.75, 3.05) is 5.32 Å². The average molecular weight is 303 g/mol. The van der Waals surface area contributed by atoms with Crippen molar-refractivity contribution in [1.29, 1.82) is 0 Å². The first kappa shape index (κ1) is 13.6. The van der Waals surface area contributed by atoms with Crippen LogP contribution in [0.3, 0.4) is 0 Å². The standard InChI is InChI=1S/C16H12ClFN2O/c17-14-3-4-15(13-2-1-5-19-16(13)14)20-9-10-6-11(18)8-12(21)7-10/h1-8,20-21H,9H2. The Balaban J connectivity index is 1.90. The Morgan fingerprint density at radius 2 is 2.05 bits per heavy atom. The third-order valence-corrected chi connectivity index (χ3v) is 3.45. The van der Waals surface area contributed by atoms with Gasteiger partial charge in [0.2, 0.25) is 0 Å². The van der Waals surface area contributed by atoms with Crippen LogP contribution in [0.25, 0.3) is 10.9 Å². The van der Waals surface area contributed by atoms with Gasteiger partial charge in [0.15, 0.2) is 0 Å². The van der Waals surface area contributed by atoms with Gasteiger partial charge in [0.1, 0.15) is 11.6 Å². The van der Waals surface area contributed by atoms with E-state index in [2.05, 4.69) is 10.3 Å². The molecule has 0 aliphatic rings. The summed E-state index contributed by atoms with van der Waals surface area (Å²) < 4.78 is 13.2. The summed E-state index contributed by atoms with van der Waals surface area (Å²) in [6.07, 6.45) is 1.68. The number of nitrogens with one attached hydrogen (secondary N) is 1. The lowest BCUT2D eigenvalue weighted by molar-refractivity contribution is 0.468. The summed E-state index contributed by atoms with van der Waals surface area (Å²) in [7, 11) is 0. The Hall–Kier alpha value is -2.33. The number of hydrogen-bond acceptors (Lipinski definition) is 3. The Kier molecular flexibility index (Phi) is 3.62. The number of phenolic OH excluding ortho intramolecular Hbond substituents is 1. The summed E-state index contributed by atoms with van der Waals surface area (Å²) in [4.78, 5) is 4.25. The molecule has 0 saturated carbocycles. The third kappa shape index (κ3) is 2.90. The molecule has 1 aromatic heterocycles. The van der Waals surface area contributed by atoms with Crippen LogP contribution in [-0.2, 0) is 6.54 Å². The summed E-state index contributed by atoms with van der Waals surface area (Å²) in [5.74, 6) is -0.552. The second-order valence-electron chi connectivity index (χ2n) is 4.67. The van der Waals surface area contributed by atoms with Gasteiger partial charge in [-0.05, 0) is 42.0 Å². The molecule has 0 saturated heterocycles. The lowest BCUT2D eigenvalue weighted by Gasteiger charge is -2.11. The van der Waals surface area contributed by atoms with Crippen molar-refractivity contribution < 1.29 is 9.50 Å². The smallest absolute Gasteiger partial charge is 0.127 e. The fraction of sp³-hybridized carbons (Fsp3) is 0.0625. The molecule has 1 heterocycles. The summed E-state index contributed by atoms with van der Waals surface area (Å²) in [5.41, 5.74) is 2.22. The van der Waals surface area contributed by atoms with Crippen LogP contribution in [0.15, 0.2) is 48.7 Å². The molecular weight excluding hydrogens is 291 g/mol. The van der Waals surface area contributed by atoms with Gasteiger partial charge in [-0.2, -0.15) is 0 Å². The zero-order valence-corrected chi connectivity index (χ0v) is 11.7. The van der Waals surface area contributed by atoms with Gasteiger partial charge < -0.3 is 10.4 Å². The molecule has 3 rings (SSSR count). The van der Waals surface area contributed by atoms with Crippen molar-refractivity contribution in [3.05, 3.63) is 65.1 Å². The molecule has 5 heteroatoms. The van der Waals surface area contributed by atoms with Crippen LogP contribution < -0.4 is 5.32 Å². The lowest BCUT2D eigenvalue weighted by atomic mass is 10.1. The van der Waals surface area contributed by atoms with E-state index in [1.54, 1.807) is 12.3 Å². The Morgan fingerprint density at radius 3 is 2.86 bits per heavy atom. The molecule has 2 N–H and O–H groups in total. The van der Waals surface area contributed by atoms with Gasteiger partial charge in [0.25, 0.3) is 0 Å². The first-order valence-corrected chi connectivity index (χ1v) is 6.77. The normalized spacial score (nSPS) is 10.8. The number of halogens is 2. The van der Waals surface area contributed by atoms with Gasteiger partial charge in [-0.1, -0.05) is 11.6 Å². The zero-order chi connectivity index (χ0) is 14.8. The number of aromatic nitrogens is 1. The predicted octanol–water partition coefficient (Wildman–Crippen LogP) is 4.35. The number of pyridine rings is 1. The van der Waals surface area contributed by atoms with Crippen LogP contribution in [0.5, 0.6) is 5.75 Å². The zero-order valence-electron chi connectivity index (χ0n) is 11.0. The number of aromatic hydroxyl groups is 1. The van der Waals surface area contributed by atoms with Crippen molar-refractivity contribution in [3.63, 3.8) is 0 Å². The highest BCUT2D eigenvalue weighted by molar-refractivity contribution is 6.35. The minimum Gasteiger partial charge on any atom is -0.508 e. The summed E-state index contributed by atoms with van der Waals surface area (Å²) in [6, 6.07) is 11.3. The SMILES string of the molecule is Oc1cc(F)cc(CNc2ccc(Cl)c3ncccc23)c1. The predicted molar refractivity (Wildman–Crippen MR) is 82.1 cm³/mol. The van der Waals surface area contributed by atoms with Crippen molar-refractivity contribution >= 4 is 28.2 Å². The minimum atomic E-state index is -0.463. The number of phenols is 1. The van der Waals surface area contributed by atoms with E-state index in [9.17, 15) is 9.50 Å². The molecule has 106 valence electrons. The number of rotatable bonds is 3. The maximum atomic E-state index is 13.2. The Morgan fingerprint density at radius 1 is 1.19 bits per heavy atom. The molecule has 3 aromatic rings. The Labute approximate surface area is 126 Å². The molecular formula is C16H12ClFN2O. The van der Waals surface area contributed by atoms with E-state index in [1.807, 2.05) is 18.2 Å². The second-order valence-corrected chi connectivity index (χ2v) is 5.07. The maximum Gasteiger partial charge on any atom is 0.127 e. The number of benzene rings is 2. The van der Waals surface area contributed by atoms with E-state index in [1.165, 1.54) is 12.1 Å². The average Bonchev–Trinajstić information content (AvgIpc) is 2.46. The van der Waals surface area contributed by atoms with Crippen LogP contribution >= 0.6 is 11.6 Å². The highest BCUT2D eigenvalue weighted by Gasteiger charge is 2.06. The van der Waals surface area contributed by atoms with Gasteiger partial charge in [-0.15, -0.1) is 0 Å². The van der Waals surface area contributed by atoms with E-state index < -0.39 is 5.82 Å². The van der Waals surface area contributed by atoms with Crippen LogP contribution in [-0.4, -0.2) is 10.1 Å². The van der Waals surface area contributed by atoms with Crippen LogP contribution in [0.1, 0.15) is 5.56 Å². The number of fused-ring (bicyclic) bond motifs is 1. The van der Waals surface area contributed by atoms with Crippen molar-refractivity contribution in [3.8, 4) is 5.75 Å². The molecule has 0 radical (unpaired) electrons. The minimum absolute atomic E-state index is 0.0885. The highest BCUT2D eigenvalue weighted by Crippen LogP contribution is 2.28. The van der Waals surface area contributed by atoms with Crippen LogP contribution in [0, 0.1) is 5.82 Å². The molecule has 0 bridgehead atoms. The molecule has 3 nitrogen and oxygen atoms in total. The van der Waals surface area contributed by atoms with Gasteiger partial charge >= 0.3 is 0 Å². The molecule has 2 aromatic carbocycles. The van der Waals surface area contributed by atoms with Crippen molar-refractivity contribution in [2.24, 2.45) is 0 Å². The van der Waals surface area contributed by atoms with Gasteiger partial charge in [-0.3, -0.25) is 4.98 Å². The number of hydrogen-bond donors (Lipinski definition) is 2. The van der Waals surface area contributed by atoms with Crippen LogP contribution in [0.2, 0.25) is 5.02 Å². The lowest BCUT2D eigenvalue weighted by Crippen LogP contribution is -2.00. The molecule has 0 aliphatic heterocycles. The second kappa shape index (κ2) is 5.58. The largest absolute Gasteiger partial charge is 0.508 e. The van der Waals surface area contributed by atoms with Gasteiger partial charge in [0, 0.05) is 29.9 Å². The quantitative estimate of drug-likeness (QED) is 0.756. The molecule has 0 aliphatic carbocycles. The highest BCUT2D eigenvalue weighted by atomic mass is 35.5. The van der Waals surface area contributed by atoms with E-state index in [-0.39, 0.29) is 5.75 Å². The van der Waals surface area contributed by atoms with E-state index in [4.69, 9.17) is 11.6 Å². The summed E-state index contributed by atoms with van der Waals surface area (Å²) >= 11 is 6.11. The molecule has 0 amide bonds. The Bertz CT molecular complexity index is 787. The number of nitrogens with zero attached hydrogens (tertiary/aromatic N) is 1. The monoisotopic (exact) mass is 302 g/mol. The molecule has 0 atom stereocenters. The molecule has 0 spiro atoms. The van der Waals surface area contributed by atoms with Crippen molar-refractivity contribution in [1.82, 2.24) is 4.98 Å². The first-order chi connectivity index (χ1) is 10.1. The fourth-order valence-electron chi connectivity index (χ4n) is 2.23. The van der Waals surface area contributed by atoms with E-state index in [0.717, 1.165) is 17.1 Å². The van der Waals surface area contributed by atoms with E-state index in [0.29, 0.717) is 22.6 Å². The molecule has 0 fully saturated rings. The fourth-order valence-corrected chi connectivity index (χ4v) is 2.44. The van der Waals surface area contributed by atoms with Gasteiger partial charge in [-0.25, -0.2) is 4.39 Å². The molecule has 21 heavy (non-hydrogen) atoms. The van der Waals surface area contributed by atoms with E-state index >= 15 is 0 Å². The topological polar surface area (TPSA) is 45.1 Å². The van der Waals surface area contributed by atoms with Crippen LogP contribution in [0.4, 0.5) is 10.1 Å². The number of anilines is 1. The maximum absolute atomic E-state index is 13.2. The summed E-state index contributed by atoms with van der Waals surface area (Å²) in [6.45, 7) is 0.386. The first-order valence-electron chi connectivity index (χ1n) is 6.39. The van der Waals surface area contributed by atoms with Crippen molar-refractivity contribution in [2.45, 2.75) is 6.54 Å². The third-order valence-electron chi connectivity index (χ3n) is 3.15. The summed E-state index contributed by atoms with van der Waals surface area (Å²) in [5, 5.41) is 14.1. The van der Waals surface area contributed by atoms with Gasteiger partial charge in [0.05, 0.1) is 10.5 Å². The molecule has 0 unspecified atom stereocenters.